The number of ether oxygens (including phenoxy) is 3. The zero-order chi connectivity index (χ0) is 25.8. The van der Waals surface area contributed by atoms with Gasteiger partial charge in [-0.25, -0.2) is 14.2 Å². The van der Waals surface area contributed by atoms with E-state index in [1.807, 2.05) is 44.2 Å². The molecule has 0 saturated carbocycles. The normalized spacial score (nSPS) is 17.2. The average Bonchev–Trinajstić information content (AvgIpc) is 3.23. The summed E-state index contributed by atoms with van der Waals surface area (Å²) in [6.07, 6.45) is 2.87. The minimum atomic E-state index is -0.482. The van der Waals surface area contributed by atoms with E-state index in [9.17, 15) is 9.18 Å². The van der Waals surface area contributed by atoms with Gasteiger partial charge < -0.3 is 14.2 Å². The van der Waals surface area contributed by atoms with Crippen LogP contribution in [-0.4, -0.2) is 54.4 Å². The summed E-state index contributed by atoms with van der Waals surface area (Å²) in [5, 5.41) is 0. The number of rotatable bonds is 8. The quantitative estimate of drug-likeness (QED) is 0.393. The summed E-state index contributed by atoms with van der Waals surface area (Å²) in [5.41, 5.74) is 2.27. The first-order valence-corrected chi connectivity index (χ1v) is 12.8. The number of likely N-dealkylation sites (tertiary alicyclic amines) is 1. The Morgan fingerprint density at radius 1 is 1.00 bits per heavy atom. The van der Waals surface area contributed by atoms with Crippen molar-refractivity contribution in [3.63, 3.8) is 0 Å². The number of aromatic nitrogens is 1. The second kappa shape index (κ2) is 10.8. The minimum Gasteiger partial charge on any atom is -0.493 e. The Bertz CT molecular complexity index is 1200. The predicted molar refractivity (Wildman–Crippen MR) is 139 cm³/mol. The second-order valence-electron chi connectivity index (χ2n) is 9.44. The zero-order valence-electron chi connectivity index (χ0n) is 21.3. The van der Waals surface area contributed by atoms with Crippen LogP contribution in [0.1, 0.15) is 32.3 Å². The lowest BCUT2D eigenvalue weighted by Crippen LogP contribution is -2.46. The number of anilines is 1. The molecule has 2 aromatic carbocycles. The zero-order valence-corrected chi connectivity index (χ0v) is 21.3. The number of piperidine rings is 1. The van der Waals surface area contributed by atoms with Crippen LogP contribution in [0.25, 0.3) is 11.1 Å². The molecular formula is C29H32FN3O4. The lowest BCUT2D eigenvalue weighted by atomic mass is 9.91. The highest BCUT2D eigenvalue weighted by Gasteiger charge is 2.47. The lowest BCUT2D eigenvalue weighted by molar-refractivity contribution is -0.00101. The summed E-state index contributed by atoms with van der Waals surface area (Å²) in [5.74, 6) is 1.79. The van der Waals surface area contributed by atoms with Gasteiger partial charge in [0.15, 0.2) is 0 Å². The molecule has 2 fully saturated rings. The molecular weight excluding hydrogens is 473 g/mol. The average molecular weight is 506 g/mol. The van der Waals surface area contributed by atoms with Gasteiger partial charge >= 0.3 is 6.09 Å². The van der Waals surface area contributed by atoms with E-state index in [1.165, 1.54) is 12.1 Å². The van der Waals surface area contributed by atoms with E-state index in [2.05, 4.69) is 9.88 Å². The Morgan fingerprint density at radius 2 is 1.68 bits per heavy atom. The summed E-state index contributed by atoms with van der Waals surface area (Å²) in [6, 6.07) is 16.0. The van der Waals surface area contributed by atoms with Crippen molar-refractivity contribution in [2.75, 3.05) is 37.7 Å². The van der Waals surface area contributed by atoms with Gasteiger partial charge in [-0.05, 0) is 61.4 Å². The SMILES string of the molecule is CCOc1cc(CN2CCC3(CC2)CN(c2ccccn2)C(=O)O3)cc(OCC)c1-c1ccc(F)cc1. The molecule has 0 aliphatic carbocycles. The number of halogens is 1. The molecule has 0 N–H and O–H groups in total. The van der Waals surface area contributed by atoms with Gasteiger partial charge in [-0.3, -0.25) is 9.80 Å². The largest absolute Gasteiger partial charge is 0.493 e. The van der Waals surface area contributed by atoms with Crippen molar-refractivity contribution in [3.05, 3.63) is 72.2 Å². The Labute approximate surface area is 216 Å². The van der Waals surface area contributed by atoms with Crippen molar-refractivity contribution in [3.8, 4) is 22.6 Å². The van der Waals surface area contributed by atoms with Crippen molar-refractivity contribution < 1.29 is 23.4 Å². The smallest absolute Gasteiger partial charge is 0.416 e. The van der Waals surface area contributed by atoms with Gasteiger partial charge in [-0.1, -0.05) is 18.2 Å². The number of pyridine rings is 1. The number of hydrogen-bond donors (Lipinski definition) is 0. The molecule has 2 saturated heterocycles. The van der Waals surface area contributed by atoms with E-state index < -0.39 is 5.60 Å². The number of carbonyl (C=O) groups is 1. The third kappa shape index (κ3) is 5.39. The molecule has 1 aromatic heterocycles. The highest BCUT2D eigenvalue weighted by atomic mass is 19.1. The van der Waals surface area contributed by atoms with Gasteiger partial charge in [-0.15, -0.1) is 0 Å². The highest BCUT2D eigenvalue weighted by molar-refractivity contribution is 5.89. The maximum absolute atomic E-state index is 13.6. The van der Waals surface area contributed by atoms with E-state index in [0.29, 0.717) is 25.6 Å². The minimum absolute atomic E-state index is 0.282. The Kier molecular flexibility index (Phi) is 7.28. The van der Waals surface area contributed by atoms with Gasteiger partial charge in [0, 0.05) is 38.7 Å². The van der Waals surface area contributed by atoms with Crippen LogP contribution in [-0.2, 0) is 11.3 Å². The molecule has 37 heavy (non-hydrogen) atoms. The van der Waals surface area contributed by atoms with Gasteiger partial charge in [-0.2, -0.15) is 0 Å². The van der Waals surface area contributed by atoms with E-state index in [4.69, 9.17) is 14.2 Å². The van der Waals surface area contributed by atoms with Gasteiger partial charge in [0.1, 0.15) is 28.7 Å². The van der Waals surface area contributed by atoms with Crippen LogP contribution in [0.5, 0.6) is 11.5 Å². The van der Waals surface area contributed by atoms with Crippen LogP contribution in [0.2, 0.25) is 0 Å². The summed E-state index contributed by atoms with van der Waals surface area (Å²) in [4.78, 5) is 20.9. The monoisotopic (exact) mass is 505 g/mol. The molecule has 3 aromatic rings. The molecule has 0 radical (unpaired) electrons. The first-order chi connectivity index (χ1) is 18.0. The van der Waals surface area contributed by atoms with Crippen LogP contribution in [0.3, 0.4) is 0 Å². The van der Waals surface area contributed by atoms with Crippen LogP contribution in [0.15, 0.2) is 60.8 Å². The molecule has 0 atom stereocenters. The van der Waals surface area contributed by atoms with E-state index in [0.717, 1.165) is 60.7 Å². The molecule has 5 rings (SSSR count). The molecule has 194 valence electrons. The molecule has 1 spiro atoms. The lowest BCUT2D eigenvalue weighted by Gasteiger charge is -2.37. The maximum atomic E-state index is 13.6. The number of hydrogen-bond acceptors (Lipinski definition) is 6. The van der Waals surface area contributed by atoms with E-state index in [-0.39, 0.29) is 11.9 Å². The Hall–Kier alpha value is -3.65. The number of carbonyl (C=O) groups excluding carboxylic acids is 1. The highest BCUT2D eigenvalue weighted by Crippen LogP contribution is 2.41. The molecule has 0 unspecified atom stereocenters. The van der Waals surface area contributed by atoms with Crippen LogP contribution in [0.4, 0.5) is 15.0 Å². The van der Waals surface area contributed by atoms with Crippen LogP contribution < -0.4 is 14.4 Å². The van der Waals surface area contributed by atoms with Gasteiger partial charge in [0.05, 0.1) is 25.3 Å². The third-order valence-corrected chi connectivity index (χ3v) is 6.93. The molecule has 8 heteroatoms. The molecule has 2 aliphatic heterocycles. The number of nitrogens with zero attached hydrogens (tertiary/aromatic N) is 3. The number of amides is 1. The van der Waals surface area contributed by atoms with Gasteiger partial charge in [0.2, 0.25) is 0 Å². The summed E-state index contributed by atoms with van der Waals surface area (Å²) in [7, 11) is 0. The van der Waals surface area contributed by atoms with Gasteiger partial charge in [0.25, 0.3) is 0 Å². The maximum Gasteiger partial charge on any atom is 0.416 e. The van der Waals surface area contributed by atoms with E-state index in [1.54, 1.807) is 23.2 Å². The number of benzene rings is 2. The fourth-order valence-electron chi connectivity index (χ4n) is 5.13. The molecule has 1 amide bonds. The summed E-state index contributed by atoms with van der Waals surface area (Å²) in [6.45, 7) is 7.75. The first-order valence-electron chi connectivity index (χ1n) is 12.8. The Morgan fingerprint density at radius 3 is 2.27 bits per heavy atom. The standard InChI is InChI=1S/C29H32FN3O4/c1-3-35-24-17-21(18-25(36-4-2)27(24)22-8-10-23(30)11-9-22)19-32-15-12-29(13-16-32)20-33(28(34)37-29)26-7-5-6-14-31-26/h5-11,14,17-18H,3-4,12-13,15-16,19-20H2,1-2H3. The topological polar surface area (TPSA) is 64.1 Å². The Balaban J connectivity index is 1.31. The van der Waals surface area contributed by atoms with Crippen LogP contribution in [0, 0.1) is 5.82 Å². The van der Waals surface area contributed by atoms with Crippen molar-refractivity contribution in [1.82, 2.24) is 9.88 Å². The third-order valence-electron chi connectivity index (χ3n) is 6.93. The van der Waals surface area contributed by atoms with Crippen LogP contribution >= 0.6 is 0 Å². The first kappa shape index (κ1) is 25.0. The van der Waals surface area contributed by atoms with Crippen molar-refractivity contribution >= 4 is 11.9 Å². The summed E-state index contributed by atoms with van der Waals surface area (Å²) < 4.78 is 31.5. The fraction of sp³-hybridized carbons (Fsp3) is 0.379. The summed E-state index contributed by atoms with van der Waals surface area (Å²) >= 11 is 0. The van der Waals surface area contributed by atoms with Crippen molar-refractivity contribution in [2.45, 2.75) is 38.8 Å². The van der Waals surface area contributed by atoms with Crippen molar-refractivity contribution in [1.29, 1.82) is 0 Å². The molecule has 7 nitrogen and oxygen atoms in total. The van der Waals surface area contributed by atoms with Crippen molar-refractivity contribution in [2.24, 2.45) is 0 Å². The second-order valence-corrected chi connectivity index (χ2v) is 9.44. The predicted octanol–water partition coefficient (Wildman–Crippen LogP) is 5.68. The molecule has 0 bridgehead atoms. The molecule has 2 aliphatic rings. The fourth-order valence-corrected chi connectivity index (χ4v) is 5.13. The molecule has 3 heterocycles. The van der Waals surface area contributed by atoms with E-state index >= 15 is 0 Å².